The average molecular weight is 1840 g/mol. The Morgan fingerprint density at radius 1 is 0.542 bits per heavy atom. The van der Waals surface area contributed by atoms with Crippen molar-refractivity contribution in [2.45, 2.75) is 216 Å². The van der Waals surface area contributed by atoms with Crippen molar-refractivity contribution in [3.05, 3.63) is 126 Å². The lowest BCUT2D eigenvalue weighted by molar-refractivity contribution is -0.145. The standard InChI is InChI=1S/C88H124N24O18S/c1-9-11-26-59-77(120)101-60(29-20-32-94-88(91)92)78(121)108-68(76(119)97-43-72(90)115)46-131-47-74(117)100-64(35-51-22-14-13-15-23-51)85(128)110(7)50(5)75(118)104-66(39-71(89)114)87(130)112-33-21-31-70(112)83(126)103-62(38-54-42-93-48-98-54)80(123)105-63(34-49(3)4)84(127)109(6)44-73(116)99-61(36-52-40-95-57-27-18-16-24-55(52)57)79(122)107-67(45-113)81(124)106-65(37-53-41-96-58-28-19-17-25-56(53)58)86(129)111(8)69(30-12-10-2)82(125)102-59/h13-19,22-25,27-28,40-42,48-50,59-70,95-96,113H,9-12,20-21,26,29-39,43-47H2,1-8H3,(H2,89,114)(H2,90,115)(H,93,98)(H,97,119)(H,99,116)(H,100,117)(H,101,120)(H,102,125)(H,103,126)(H,104,118)(H,105,123)(H,106,124)(H,107,122)(H,108,121)(H4,91,92,94). The van der Waals surface area contributed by atoms with E-state index in [-0.39, 0.29) is 89.6 Å². The Morgan fingerprint density at radius 2 is 1.07 bits per heavy atom. The number of amides is 17. The summed E-state index contributed by atoms with van der Waals surface area (Å²) < 4.78 is 0. The lowest BCUT2D eigenvalue weighted by atomic mass is 10.0. The number of aliphatic hydroxyl groups is 1. The summed E-state index contributed by atoms with van der Waals surface area (Å²) in [6.07, 6.45) is 5.93. The van der Waals surface area contributed by atoms with E-state index < -0.39 is 223 Å². The molecule has 0 spiro atoms. The fraction of sp³-hybridized carbons (Fsp3) is 0.511. The van der Waals surface area contributed by atoms with Gasteiger partial charge < -0.3 is 121 Å². The maximum absolute atomic E-state index is 15.6. The number of imidazole rings is 1. The molecule has 3 aromatic heterocycles. The fourth-order valence-electron chi connectivity index (χ4n) is 15.5. The molecule has 2 saturated heterocycles. The van der Waals surface area contributed by atoms with Crippen LogP contribution in [0.2, 0.25) is 0 Å². The monoisotopic (exact) mass is 1840 g/mol. The molecule has 43 heteroatoms. The predicted octanol–water partition coefficient (Wildman–Crippen LogP) is -2.48. The molecular formula is C88H124N24O18S. The Morgan fingerprint density at radius 3 is 1.67 bits per heavy atom. The van der Waals surface area contributed by atoms with Gasteiger partial charge >= 0.3 is 0 Å². The lowest BCUT2D eigenvalue weighted by Crippen LogP contribution is -2.61. The predicted molar refractivity (Wildman–Crippen MR) is 485 cm³/mol. The molecule has 23 N–H and O–H groups in total. The van der Waals surface area contributed by atoms with Crippen molar-refractivity contribution in [1.82, 2.24) is 103 Å². The maximum atomic E-state index is 15.6. The molecule has 8 rings (SSSR count). The van der Waals surface area contributed by atoms with E-state index in [1.165, 1.54) is 40.6 Å². The number of carbonyl (C=O) groups is 17. The Balaban J connectivity index is 1.17. The van der Waals surface area contributed by atoms with E-state index in [0.717, 1.165) is 31.4 Å². The van der Waals surface area contributed by atoms with Crippen molar-refractivity contribution in [2.75, 3.05) is 65.4 Å². The van der Waals surface area contributed by atoms with E-state index in [1.807, 2.05) is 13.8 Å². The van der Waals surface area contributed by atoms with Gasteiger partial charge in [-0.05, 0) is 86.6 Å². The molecule has 0 bridgehead atoms. The van der Waals surface area contributed by atoms with E-state index in [4.69, 9.17) is 22.6 Å². The second kappa shape index (κ2) is 50.5. The van der Waals surface area contributed by atoms with Crippen molar-refractivity contribution in [2.24, 2.45) is 23.1 Å². The second-order valence-corrected chi connectivity index (χ2v) is 34.3. The highest BCUT2D eigenvalue weighted by Crippen LogP contribution is 2.25. The van der Waals surface area contributed by atoms with Gasteiger partial charge in [0.15, 0.2) is 5.96 Å². The first-order valence-corrected chi connectivity index (χ1v) is 45.0. The number of hydrogen-bond donors (Lipinski definition) is 20. The quantitative estimate of drug-likeness (QED) is 0.0152. The number of thioether (sulfide) groups is 1. The van der Waals surface area contributed by atoms with Crippen LogP contribution in [0.3, 0.4) is 0 Å². The van der Waals surface area contributed by atoms with Crippen LogP contribution in [0, 0.1) is 11.3 Å². The van der Waals surface area contributed by atoms with Crippen LogP contribution in [0.4, 0.5) is 0 Å². The van der Waals surface area contributed by atoms with Crippen LogP contribution in [0.15, 0.2) is 104 Å². The van der Waals surface area contributed by atoms with Gasteiger partial charge in [-0.15, -0.1) is 11.8 Å². The van der Waals surface area contributed by atoms with Crippen LogP contribution in [-0.2, 0) is 107 Å². The minimum Gasteiger partial charge on any atom is -0.394 e. The molecule has 2 aliphatic rings. The summed E-state index contributed by atoms with van der Waals surface area (Å²) in [5, 5.41) is 52.0. The number of H-pyrrole nitrogens is 3. The van der Waals surface area contributed by atoms with Crippen LogP contribution < -0.4 is 81.0 Å². The van der Waals surface area contributed by atoms with Crippen LogP contribution in [-0.4, -0.2) is 295 Å². The Hall–Kier alpha value is -13.5. The third kappa shape index (κ3) is 30.6. The molecule has 0 aliphatic carbocycles. The van der Waals surface area contributed by atoms with Gasteiger partial charge in [-0.2, -0.15) is 0 Å². The third-order valence-corrected chi connectivity index (χ3v) is 23.7. The number of para-hydroxylation sites is 2. The number of hydrogen-bond acceptors (Lipinski definition) is 21. The first-order chi connectivity index (χ1) is 62.5. The Labute approximate surface area is 762 Å². The summed E-state index contributed by atoms with van der Waals surface area (Å²) in [6, 6.07) is 2.81. The van der Waals surface area contributed by atoms with Gasteiger partial charge in [-0.25, -0.2) is 4.98 Å². The number of nitrogens with one attached hydrogen (secondary N) is 16. The first kappa shape index (κ1) is 103. The van der Waals surface area contributed by atoms with Crippen molar-refractivity contribution in [3.8, 4) is 0 Å². The number of unbranched alkanes of at least 4 members (excludes halogenated alkanes) is 2. The first-order valence-electron chi connectivity index (χ1n) is 43.8. The highest BCUT2D eigenvalue weighted by Gasteiger charge is 2.43. The summed E-state index contributed by atoms with van der Waals surface area (Å²) in [6.45, 7) is 5.90. The maximum Gasteiger partial charge on any atom is 0.246 e. The lowest BCUT2D eigenvalue weighted by Gasteiger charge is -2.33. The smallest absolute Gasteiger partial charge is 0.246 e. The van der Waals surface area contributed by atoms with Crippen LogP contribution >= 0.6 is 11.8 Å². The number of carbonyl (C=O) groups excluding carboxylic acids is 17. The molecule has 6 aromatic rings. The Bertz CT molecular complexity index is 5010. The molecular weight excluding hydrogens is 1710 g/mol. The number of likely N-dealkylation sites (N-methyl/N-ethyl adjacent to an activating group) is 3. The minimum absolute atomic E-state index is 0.000192. The molecule has 5 heterocycles. The van der Waals surface area contributed by atoms with Crippen molar-refractivity contribution >= 4 is 140 Å². The van der Waals surface area contributed by atoms with E-state index >= 15 is 19.2 Å². The van der Waals surface area contributed by atoms with E-state index in [1.54, 1.807) is 105 Å². The number of aliphatic hydroxyl groups excluding tert-OH is 1. The largest absolute Gasteiger partial charge is 0.394 e. The zero-order valence-electron chi connectivity index (χ0n) is 74.9. The number of nitrogens with zero attached hydrogens (tertiary/aromatic N) is 5. The highest BCUT2D eigenvalue weighted by atomic mass is 32.2. The van der Waals surface area contributed by atoms with Gasteiger partial charge in [-0.1, -0.05) is 120 Å². The molecule has 13 unspecified atom stereocenters. The number of benzene rings is 3. The summed E-state index contributed by atoms with van der Waals surface area (Å²) in [7, 11) is 3.87. The molecule has 0 radical (unpaired) electrons. The number of primary amides is 2. The summed E-state index contributed by atoms with van der Waals surface area (Å²) >= 11 is 0.791. The molecule has 13 atom stereocenters. The number of nitrogens with two attached hydrogens (primary N) is 3. The normalized spacial score (nSPS) is 23.5. The number of fused-ring (bicyclic) bond motifs is 3. The average Bonchev–Trinajstić information content (AvgIpc) is 1.67. The molecule has 131 heavy (non-hydrogen) atoms. The molecule has 42 nitrogen and oxygen atoms in total. The molecule has 17 amide bonds. The van der Waals surface area contributed by atoms with Crippen molar-refractivity contribution < 1.29 is 86.6 Å². The zero-order chi connectivity index (χ0) is 95.7. The number of guanidine groups is 1. The zero-order valence-corrected chi connectivity index (χ0v) is 75.7. The van der Waals surface area contributed by atoms with Gasteiger partial charge in [-0.3, -0.25) is 86.9 Å². The molecule has 2 aliphatic heterocycles. The molecule has 2 fully saturated rings. The Kier molecular flexibility index (Phi) is 39.6. The van der Waals surface area contributed by atoms with Crippen LogP contribution in [0.1, 0.15) is 134 Å². The van der Waals surface area contributed by atoms with Gasteiger partial charge in [0.1, 0.15) is 78.5 Å². The fourth-order valence-corrected chi connectivity index (χ4v) is 16.3. The summed E-state index contributed by atoms with van der Waals surface area (Å²) in [5.74, 6) is -17.3. The second-order valence-electron chi connectivity index (χ2n) is 33.3. The number of aromatic amines is 3. The van der Waals surface area contributed by atoms with E-state index in [2.05, 4.69) is 83.7 Å². The molecule has 3 aromatic carbocycles. The van der Waals surface area contributed by atoms with Gasteiger partial charge in [0.25, 0.3) is 0 Å². The summed E-state index contributed by atoms with van der Waals surface area (Å²) in [4.78, 5) is 265. The third-order valence-electron chi connectivity index (χ3n) is 22.7. The summed E-state index contributed by atoms with van der Waals surface area (Å²) in [5.41, 5.74) is 20.0. The van der Waals surface area contributed by atoms with E-state index in [9.17, 15) is 67.4 Å². The minimum atomic E-state index is -1.85. The van der Waals surface area contributed by atoms with Crippen molar-refractivity contribution in [1.29, 1.82) is 5.41 Å². The van der Waals surface area contributed by atoms with Gasteiger partial charge in [0.2, 0.25) is 100 Å². The number of aromatic nitrogens is 4. The van der Waals surface area contributed by atoms with Crippen molar-refractivity contribution in [3.63, 3.8) is 0 Å². The topological polar surface area (TPSA) is 630 Å². The molecule has 0 saturated carbocycles. The molecule has 710 valence electrons. The van der Waals surface area contributed by atoms with Crippen LogP contribution in [0.5, 0.6) is 0 Å². The van der Waals surface area contributed by atoms with Gasteiger partial charge in [0.05, 0.1) is 38.2 Å². The number of rotatable bonds is 26. The SMILES string of the molecule is CCCCC1NC(=O)C(CCCC)N(C)C(=O)C(Cc2c[nH]c3ccccc23)NC(=O)C(CO)NC(=O)C(Cc2c[nH]c3ccccc23)NC(=O)CN(C)C(=O)C(CC(C)C)NC(=O)C(Cc2cnc[nH]2)NC(=O)C2CCCN2C(=O)C(CC(N)=O)NC(=O)C(C)N(C)C(=O)C(Cc2ccccc2)NC(=O)CSCC(C(=O)NCC(N)=O)NC(=O)C(CCCNC(=N)N)NC1=O. The van der Waals surface area contributed by atoms with Gasteiger partial charge in [0, 0.05) is 112 Å². The highest BCUT2D eigenvalue weighted by molar-refractivity contribution is 8.00. The van der Waals surface area contributed by atoms with E-state index in [0.29, 0.717) is 69.9 Å². The van der Waals surface area contributed by atoms with Crippen LogP contribution in [0.25, 0.3) is 21.8 Å².